The molecule has 0 unspecified atom stereocenters. The number of carbonyl (C=O) groups excluding carboxylic acids is 1. The summed E-state index contributed by atoms with van der Waals surface area (Å²) in [6.07, 6.45) is 14.6. The van der Waals surface area contributed by atoms with Crippen LogP contribution in [0.3, 0.4) is 0 Å². The van der Waals surface area contributed by atoms with Gasteiger partial charge in [0.05, 0.1) is 0 Å². The van der Waals surface area contributed by atoms with Crippen LogP contribution in [0.1, 0.15) is 81.6 Å². The SMILES string of the molecule is CCCCCCCCCCCCNC(=O)c1cccnn1. The minimum atomic E-state index is -0.126. The lowest BCUT2D eigenvalue weighted by Crippen LogP contribution is -2.25. The highest BCUT2D eigenvalue weighted by Gasteiger charge is 2.05. The van der Waals surface area contributed by atoms with Crippen LogP contribution in [0.15, 0.2) is 18.3 Å². The standard InChI is InChI=1S/C17H29N3O/c1-2-3-4-5-6-7-8-9-10-11-14-18-17(21)16-13-12-15-19-20-16/h12-13,15H,2-11,14H2,1H3,(H,18,21). The smallest absolute Gasteiger partial charge is 0.271 e. The Morgan fingerprint density at radius 3 is 2.19 bits per heavy atom. The predicted octanol–water partition coefficient (Wildman–Crippen LogP) is 4.13. The van der Waals surface area contributed by atoms with E-state index < -0.39 is 0 Å². The molecular weight excluding hydrogens is 262 g/mol. The minimum absolute atomic E-state index is 0.126. The van der Waals surface area contributed by atoms with E-state index in [9.17, 15) is 4.79 Å². The largest absolute Gasteiger partial charge is 0.351 e. The van der Waals surface area contributed by atoms with Crippen LogP contribution < -0.4 is 5.32 Å². The number of aromatic nitrogens is 2. The van der Waals surface area contributed by atoms with E-state index in [4.69, 9.17) is 0 Å². The van der Waals surface area contributed by atoms with Crippen molar-refractivity contribution >= 4 is 5.91 Å². The monoisotopic (exact) mass is 291 g/mol. The molecule has 0 radical (unpaired) electrons. The first-order valence-electron chi connectivity index (χ1n) is 8.40. The Kier molecular flexibility index (Phi) is 10.3. The summed E-state index contributed by atoms with van der Waals surface area (Å²) < 4.78 is 0. The molecule has 1 aromatic rings. The molecule has 0 bridgehead atoms. The molecule has 0 aliphatic rings. The van der Waals surface area contributed by atoms with Gasteiger partial charge in [0.15, 0.2) is 5.69 Å². The number of nitrogens with zero attached hydrogens (tertiary/aromatic N) is 2. The van der Waals surface area contributed by atoms with Gasteiger partial charge in [-0.1, -0.05) is 64.7 Å². The average molecular weight is 291 g/mol. The van der Waals surface area contributed by atoms with Gasteiger partial charge >= 0.3 is 0 Å². The molecule has 0 aliphatic carbocycles. The summed E-state index contributed by atoms with van der Waals surface area (Å²) in [6, 6.07) is 3.41. The van der Waals surface area contributed by atoms with E-state index in [0.717, 1.165) is 13.0 Å². The quantitative estimate of drug-likeness (QED) is 0.589. The molecule has 118 valence electrons. The Labute approximate surface area is 128 Å². The van der Waals surface area contributed by atoms with Crippen LogP contribution in [0.25, 0.3) is 0 Å². The Hall–Kier alpha value is -1.45. The molecule has 1 N–H and O–H groups in total. The summed E-state index contributed by atoms with van der Waals surface area (Å²) in [5.41, 5.74) is 0.393. The fourth-order valence-electron chi connectivity index (χ4n) is 2.33. The van der Waals surface area contributed by atoms with Gasteiger partial charge in [-0.05, 0) is 18.6 Å². The third-order valence-corrected chi connectivity index (χ3v) is 3.62. The topological polar surface area (TPSA) is 54.9 Å². The van der Waals surface area contributed by atoms with Gasteiger partial charge in [0.2, 0.25) is 0 Å². The molecule has 4 nitrogen and oxygen atoms in total. The van der Waals surface area contributed by atoms with Crippen LogP contribution in [-0.2, 0) is 0 Å². The molecular formula is C17H29N3O. The number of hydrogen-bond donors (Lipinski definition) is 1. The third-order valence-electron chi connectivity index (χ3n) is 3.62. The van der Waals surface area contributed by atoms with E-state index in [-0.39, 0.29) is 5.91 Å². The van der Waals surface area contributed by atoms with Crippen LogP contribution in [0.4, 0.5) is 0 Å². The zero-order valence-electron chi connectivity index (χ0n) is 13.3. The summed E-state index contributed by atoms with van der Waals surface area (Å²) in [4.78, 5) is 11.7. The molecule has 0 atom stereocenters. The first-order chi connectivity index (χ1) is 10.3. The zero-order valence-corrected chi connectivity index (χ0v) is 13.3. The average Bonchev–Trinajstić information content (AvgIpc) is 2.53. The number of carbonyl (C=O) groups is 1. The molecule has 21 heavy (non-hydrogen) atoms. The van der Waals surface area contributed by atoms with Crippen molar-refractivity contribution < 1.29 is 4.79 Å². The van der Waals surface area contributed by atoms with Crippen LogP contribution >= 0.6 is 0 Å². The summed E-state index contributed by atoms with van der Waals surface area (Å²) in [5, 5.41) is 10.4. The van der Waals surface area contributed by atoms with Crippen LogP contribution in [0.5, 0.6) is 0 Å². The van der Waals surface area contributed by atoms with Gasteiger partial charge in [0.1, 0.15) is 0 Å². The molecule has 0 saturated heterocycles. The summed E-state index contributed by atoms with van der Waals surface area (Å²) in [6.45, 7) is 2.98. The molecule has 0 fully saturated rings. The molecule has 1 heterocycles. The van der Waals surface area contributed by atoms with Crippen LogP contribution in [-0.4, -0.2) is 22.6 Å². The van der Waals surface area contributed by atoms with E-state index in [2.05, 4.69) is 22.4 Å². The van der Waals surface area contributed by atoms with E-state index in [1.54, 1.807) is 18.3 Å². The maximum atomic E-state index is 11.7. The van der Waals surface area contributed by atoms with E-state index in [1.165, 1.54) is 57.8 Å². The highest BCUT2D eigenvalue weighted by atomic mass is 16.1. The molecule has 0 aliphatic heterocycles. The van der Waals surface area contributed by atoms with E-state index in [1.807, 2.05) is 0 Å². The van der Waals surface area contributed by atoms with Gasteiger partial charge < -0.3 is 5.32 Å². The highest BCUT2D eigenvalue weighted by Crippen LogP contribution is 2.10. The summed E-state index contributed by atoms with van der Waals surface area (Å²) >= 11 is 0. The molecule has 1 amide bonds. The van der Waals surface area contributed by atoms with Gasteiger partial charge in [0.25, 0.3) is 5.91 Å². The molecule has 4 heteroatoms. The van der Waals surface area contributed by atoms with Gasteiger partial charge in [-0.2, -0.15) is 5.10 Å². The number of unbranched alkanes of at least 4 members (excludes halogenated alkanes) is 9. The van der Waals surface area contributed by atoms with Crippen LogP contribution in [0, 0.1) is 0 Å². The lowest BCUT2D eigenvalue weighted by molar-refractivity contribution is 0.0947. The van der Waals surface area contributed by atoms with Crippen molar-refractivity contribution in [2.45, 2.75) is 71.1 Å². The molecule has 0 aromatic carbocycles. The van der Waals surface area contributed by atoms with Crippen molar-refractivity contribution in [2.24, 2.45) is 0 Å². The fourth-order valence-corrected chi connectivity index (χ4v) is 2.33. The van der Waals surface area contributed by atoms with Crippen molar-refractivity contribution in [3.63, 3.8) is 0 Å². The second-order valence-corrected chi connectivity index (χ2v) is 5.55. The number of amides is 1. The Morgan fingerprint density at radius 2 is 1.62 bits per heavy atom. The Morgan fingerprint density at radius 1 is 1.00 bits per heavy atom. The Balaban J connectivity index is 1.88. The maximum absolute atomic E-state index is 11.7. The van der Waals surface area contributed by atoms with Gasteiger partial charge in [0, 0.05) is 12.7 Å². The van der Waals surface area contributed by atoms with E-state index in [0.29, 0.717) is 5.69 Å². The third kappa shape index (κ3) is 9.16. The lowest BCUT2D eigenvalue weighted by atomic mass is 10.1. The summed E-state index contributed by atoms with van der Waals surface area (Å²) in [7, 11) is 0. The minimum Gasteiger partial charge on any atom is -0.351 e. The fraction of sp³-hybridized carbons (Fsp3) is 0.706. The van der Waals surface area contributed by atoms with Gasteiger partial charge in [-0.15, -0.1) is 5.10 Å². The highest BCUT2D eigenvalue weighted by molar-refractivity contribution is 5.91. The first kappa shape index (κ1) is 17.6. The normalized spacial score (nSPS) is 10.5. The van der Waals surface area contributed by atoms with Crippen LogP contribution in [0.2, 0.25) is 0 Å². The number of rotatable bonds is 12. The van der Waals surface area contributed by atoms with E-state index >= 15 is 0 Å². The molecule has 0 spiro atoms. The van der Waals surface area contributed by atoms with Crippen molar-refractivity contribution in [1.29, 1.82) is 0 Å². The first-order valence-corrected chi connectivity index (χ1v) is 8.40. The zero-order chi connectivity index (χ0) is 15.2. The lowest BCUT2D eigenvalue weighted by Gasteiger charge is -2.04. The maximum Gasteiger partial charge on any atom is 0.271 e. The second kappa shape index (κ2) is 12.3. The van der Waals surface area contributed by atoms with Crippen molar-refractivity contribution in [3.8, 4) is 0 Å². The predicted molar refractivity (Wildman–Crippen MR) is 86.2 cm³/mol. The van der Waals surface area contributed by atoms with Gasteiger partial charge in [-0.25, -0.2) is 0 Å². The van der Waals surface area contributed by atoms with Crippen molar-refractivity contribution in [2.75, 3.05) is 6.54 Å². The van der Waals surface area contributed by atoms with Crippen molar-refractivity contribution in [3.05, 3.63) is 24.0 Å². The molecule has 1 aromatic heterocycles. The number of nitrogens with one attached hydrogen (secondary N) is 1. The number of hydrogen-bond acceptors (Lipinski definition) is 3. The molecule has 1 rings (SSSR count). The molecule has 0 saturated carbocycles. The second-order valence-electron chi connectivity index (χ2n) is 5.55. The van der Waals surface area contributed by atoms with Gasteiger partial charge in [-0.3, -0.25) is 4.79 Å². The Bertz CT molecular complexity index is 368. The summed E-state index contributed by atoms with van der Waals surface area (Å²) in [5.74, 6) is -0.126. The van der Waals surface area contributed by atoms with Crippen molar-refractivity contribution in [1.82, 2.24) is 15.5 Å².